The highest BCUT2D eigenvalue weighted by atomic mass is 16.5. The summed E-state index contributed by atoms with van der Waals surface area (Å²) in [7, 11) is 1.84. The smallest absolute Gasteiger partial charge is 0.260 e. The van der Waals surface area contributed by atoms with Crippen molar-refractivity contribution in [2.45, 2.75) is 46.6 Å². The van der Waals surface area contributed by atoms with Crippen LogP contribution in [0.3, 0.4) is 0 Å². The van der Waals surface area contributed by atoms with E-state index in [1.54, 1.807) is 4.90 Å². The molecule has 178 valence electrons. The molecule has 3 N–H and O–H groups in total. The van der Waals surface area contributed by atoms with Crippen molar-refractivity contribution in [3.05, 3.63) is 52.6 Å². The van der Waals surface area contributed by atoms with Gasteiger partial charge >= 0.3 is 0 Å². The van der Waals surface area contributed by atoms with E-state index >= 15 is 0 Å². The summed E-state index contributed by atoms with van der Waals surface area (Å²) in [6.07, 6.45) is 1.66. The van der Waals surface area contributed by atoms with Crippen molar-refractivity contribution in [2.75, 3.05) is 44.3 Å². The Morgan fingerprint density at radius 2 is 1.76 bits per heavy atom. The topological polar surface area (TPSA) is 87.9 Å². The number of para-hydroxylation sites is 1. The molecule has 1 fully saturated rings. The number of carbonyl (C=O) groups excluding carboxylic acids is 2. The number of piperidine rings is 1. The molecule has 0 radical (unpaired) electrons. The van der Waals surface area contributed by atoms with Gasteiger partial charge in [0.05, 0.1) is 6.54 Å². The highest BCUT2D eigenvalue weighted by molar-refractivity contribution is 5.92. The van der Waals surface area contributed by atoms with Gasteiger partial charge in [-0.25, -0.2) is 0 Å². The van der Waals surface area contributed by atoms with Crippen molar-refractivity contribution in [2.24, 2.45) is 0 Å². The van der Waals surface area contributed by atoms with Gasteiger partial charge in [-0.2, -0.15) is 0 Å². The summed E-state index contributed by atoms with van der Waals surface area (Å²) in [6, 6.07) is 9.81. The van der Waals surface area contributed by atoms with Gasteiger partial charge in [-0.15, -0.1) is 0 Å². The number of aryl methyl sites for hydroxylation is 2. The van der Waals surface area contributed by atoms with Crippen molar-refractivity contribution in [1.29, 1.82) is 0 Å². The Labute approximate surface area is 196 Å². The number of likely N-dealkylation sites (tertiary alicyclic amines) is 1. The maximum absolute atomic E-state index is 12.8. The first-order valence-electron chi connectivity index (χ1n) is 11.5. The summed E-state index contributed by atoms with van der Waals surface area (Å²) in [6.45, 7) is 9.76. The van der Waals surface area contributed by atoms with Gasteiger partial charge in [0, 0.05) is 37.6 Å². The molecule has 0 aromatic heterocycles. The molecule has 2 aromatic rings. The Balaban J connectivity index is 1.46. The molecule has 33 heavy (non-hydrogen) atoms. The first-order chi connectivity index (χ1) is 15.7. The van der Waals surface area contributed by atoms with Crippen molar-refractivity contribution >= 4 is 23.2 Å². The van der Waals surface area contributed by atoms with Gasteiger partial charge in [-0.3, -0.25) is 14.5 Å². The summed E-state index contributed by atoms with van der Waals surface area (Å²) in [4.78, 5) is 29.1. The third-order valence-electron chi connectivity index (χ3n) is 6.74. The van der Waals surface area contributed by atoms with Crippen molar-refractivity contribution < 1.29 is 14.3 Å². The zero-order valence-electron chi connectivity index (χ0n) is 20.4. The molecular formula is C26H36N4O3. The van der Waals surface area contributed by atoms with Gasteiger partial charge in [-0.05, 0) is 74.9 Å². The fourth-order valence-electron chi connectivity index (χ4n) is 4.23. The van der Waals surface area contributed by atoms with Crippen molar-refractivity contribution in [1.82, 2.24) is 9.80 Å². The molecule has 0 spiro atoms. The summed E-state index contributed by atoms with van der Waals surface area (Å²) < 4.78 is 5.86. The number of hydrogen-bond donors (Lipinski definition) is 2. The maximum atomic E-state index is 12.8. The summed E-state index contributed by atoms with van der Waals surface area (Å²) in [5, 5.41) is 2.99. The zero-order valence-corrected chi connectivity index (χ0v) is 20.4. The number of benzene rings is 2. The number of rotatable bonds is 7. The predicted octanol–water partition coefficient (Wildman–Crippen LogP) is 3.44. The number of likely N-dealkylation sites (N-methyl/N-ethyl adjacent to an activating group) is 1. The van der Waals surface area contributed by atoms with E-state index in [1.165, 1.54) is 0 Å². The minimum absolute atomic E-state index is 0.000808. The maximum Gasteiger partial charge on any atom is 0.260 e. The molecule has 1 aliphatic heterocycles. The molecule has 2 amide bonds. The van der Waals surface area contributed by atoms with Crippen LogP contribution in [0.2, 0.25) is 0 Å². The van der Waals surface area contributed by atoms with Crippen molar-refractivity contribution in [3.63, 3.8) is 0 Å². The molecule has 1 saturated heterocycles. The minimum atomic E-state index is -0.0442. The number of nitrogens with one attached hydrogen (secondary N) is 1. The van der Waals surface area contributed by atoms with Gasteiger partial charge in [0.25, 0.3) is 5.91 Å². The third-order valence-corrected chi connectivity index (χ3v) is 6.74. The van der Waals surface area contributed by atoms with E-state index in [0.717, 1.165) is 59.6 Å². The van der Waals surface area contributed by atoms with E-state index in [2.05, 4.69) is 10.2 Å². The first-order valence-corrected chi connectivity index (χ1v) is 11.5. The average Bonchev–Trinajstić information content (AvgIpc) is 2.80. The number of carbonyl (C=O) groups is 2. The Bertz CT molecular complexity index is 1010. The lowest BCUT2D eigenvalue weighted by atomic mass is 10.0. The number of hydrogen-bond acceptors (Lipinski definition) is 5. The Morgan fingerprint density at radius 1 is 1.09 bits per heavy atom. The van der Waals surface area contributed by atoms with Gasteiger partial charge in [0.1, 0.15) is 5.75 Å². The van der Waals surface area contributed by atoms with Crippen LogP contribution in [-0.4, -0.2) is 60.9 Å². The number of nitrogens with zero attached hydrogens (tertiary/aromatic N) is 2. The second-order valence-electron chi connectivity index (χ2n) is 9.02. The summed E-state index contributed by atoms with van der Waals surface area (Å²) in [5.41, 5.74) is 11.7. The van der Waals surface area contributed by atoms with Gasteiger partial charge in [0.15, 0.2) is 6.61 Å². The Kier molecular flexibility index (Phi) is 7.97. The Morgan fingerprint density at radius 3 is 2.42 bits per heavy atom. The van der Waals surface area contributed by atoms with E-state index in [4.69, 9.17) is 10.5 Å². The average molecular weight is 453 g/mol. The zero-order chi connectivity index (χ0) is 24.1. The summed E-state index contributed by atoms with van der Waals surface area (Å²) >= 11 is 0. The van der Waals surface area contributed by atoms with Crippen LogP contribution >= 0.6 is 0 Å². The number of nitrogen functional groups attached to an aromatic ring is 1. The van der Waals surface area contributed by atoms with Gasteiger partial charge in [-0.1, -0.05) is 18.2 Å². The standard InChI is InChI=1S/C26H36N4O3/c1-17-8-6-7-9-22(17)28-24(31)15-30-12-10-21(11-13-30)29(5)25(32)16-33-23-14-18(2)26(27)20(4)19(23)3/h6-9,14,21H,10-13,15-16,27H2,1-5H3,(H,28,31). The van der Waals surface area contributed by atoms with Crippen LogP contribution in [0.5, 0.6) is 5.75 Å². The molecule has 0 atom stereocenters. The van der Waals surface area contributed by atoms with E-state index < -0.39 is 0 Å². The number of ether oxygens (including phenoxy) is 1. The lowest BCUT2D eigenvalue weighted by Gasteiger charge is -2.36. The molecule has 0 unspecified atom stereocenters. The normalized spacial score (nSPS) is 14.7. The lowest BCUT2D eigenvalue weighted by molar-refractivity contribution is -0.135. The van der Waals surface area contributed by atoms with Gasteiger partial charge < -0.3 is 20.7 Å². The SMILES string of the molecule is Cc1ccccc1NC(=O)CN1CCC(N(C)C(=O)COc2cc(C)c(N)c(C)c2C)CC1. The van der Waals surface area contributed by atoms with E-state index in [-0.39, 0.29) is 24.5 Å². The van der Waals surface area contributed by atoms with E-state index in [9.17, 15) is 9.59 Å². The molecular weight excluding hydrogens is 416 g/mol. The molecule has 3 rings (SSSR count). The molecule has 7 heteroatoms. The number of nitrogens with two attached hydrogens (primary N) is 1. The quantitative estimate of drug-likeness (QED) is 0.629. The van der Waals surface area contributed by atoms with Crippen LogP contribution < -0.4 is 15.8 Å². The highest BCUT2D eigenvalue weighted by Crippen LogP contribution is 2.29. The molecule has 0 aliphatic carbocycles. The van der Waals surface area contributed by atoms with Crippen LogP contribution in [0.25, 0.3) is 0 Å². The largest absolute Gasteiger partial charge is 0.483 e. The van der Waals surface area contributed by atoms with Crippen LogP contribution in [0.4, 0.5) is 11.4 Å². The predicted molar refractivity (Wildman–Crippen MR) is 133 cm³/mol. The third kappa shape index (κ3) is 6.05. The first kappa shape index (κ1) is 24.6. The molecule has 7 nitrogen and oxygen atoms in total. The highest BCUT2D eigenvalue weighted by Gasteiger charge is 2.26. The summed E-state index contributed by atoms with van der Waals surface area (Å²) in [5.74, 6) is 0.651. The van der Waals surface area contributed by atoms with E-state index in [0.29, 0.717) is 12.3 Å². The fourth-order valence-corrected chi connectivity index (χ4v) is 4.23. The van der Waals surface area contributed by atoms with Crippen LogP contribution in [0.1, 0.15) is 35.1 Å². The fraction of sp³-hybridized carbons (Fsp3) is 0.462. The van der Waals surface area contributed by atoms with Gasteiger partial charge in [0.2, 0.25) is 5.91 Å². The van der Waals surface area contributed by atoms with Crippen LogP contribution in [-0.2, 0) is 9.59 Å². The van der Waals surface area contributed by atoms with Crippen LogP contribution in [0.15, 0.2) is 30.3 Å². The molecule has 0 saturated carbocycles. The van der Waals surface area contributed by atoms with E-state index in [1.807, 2.05) is 65.1 Å². The second-order valence-corrected chi connectivity index (χ2v) is 9.02. The molecule has 1 heterocycles. The molecule has 0 bridgehead atoms. The lowest BCUT2D eigenvalue weighted by Crippen LogP contribution is -2.48. The monoisotopic (exact) mass is 452 g/mol. The second kappa shape index (κ2) is 10.7. The van der Waals surface area contributed by atoms with Crippen LogP contribution in [0, 0.1) is 27.7 Å². The number of amides is 2. The molecule has 1 aliphatic rings. The minimum Gasteiger partial charge on any atom is -0.483 e. The number of anilines is 2. The Hall–Kier alpha value is -3.06. The van der Waals surface area contributed by atoms with Crippen molar-refractivity contribution in [3.8, 4) is 5.75 Å². The molecule has 2 aromatic carbocycles.